The third-order valence-electron chi connectivity index (χ3n) is 0. The second-order valence-electron chi connectivity index (χ2n) is 0.960. The molecule has 0 amide bonds. The number of carbonyl (C=O) groups excluding carboxylic acids is 1. The van der Waals surface area contributed by atoms with Crippen molar-refractivity contribution in [1.82, 2.24) is 0 Å². The molecule has 0 atom stereocenters. The second-order valence-corrected chi connectivity index (χ2v) is 1.90. The molecule has 0 aliphatic heterocycles. The minimum Gasteiger partial charge on any atom is -0.790 e. The molecule has 0 unspecified atom stereocenters. The predicted octanol–water partition coefficient (Wildman–Crippen LogP) is -12.4. The number of hydrogen-bond donors (Lipinski definition) is 1. The fourth-order valence-corrected chi connectivity index (χ4v) is 0. The molecule has 1 N–H and O–H groups in total. The quantitative estimate of drug-likeness (QED) is 0.339. The second kappa shape index (κ2) is 17.3. The van der Waals surface area contributed by atoms with Crippen LogP contribution in [0.15, 0.2) is 0 Å². The molecule has 0 aromatic rings. The Morgan fingerprint density at radius 2 is 1.33 bits per heavy atom. The number of aliphatic carboxylic acids is 1. The van der Waals surface area contributed by atoms with Crippen molar-refractivity contribution in [1.29, 1.82) is 0 Å². The predicted molar refractivity (Wildman–Crippen MR) is 20.5 cm³/mol. The first-order chi connectivity index (χ1) is 3.73. The number of phosphoric acid groups is 1. The van der Waals surface area contributed by atoms with E-state index in [-0.39, 0.29) is 132 Å². The van der Waals surface area contributed by atoms with E-state index in [2.05, 4.69) is 0 Å². The minimum absolute atomic E-state index is 0. The van der Waals surface area contributed by atoms with Gasteiger partial charge in [-0.2, -0.15) is 0 Å². The van der Waals surface area contributed by atoms with Gasteiger partial charge < -0.3 is 29.1 Å². The standard InChI is InChI=1S/C2H4O2.2K.Na.H3O4P/c1-2(3)4;;;;1-5(2,3)4/h1H3,(H,3,4);;;;(H3,1,2,3,4)/q;3*+1;/p-3. The zero-order chi connectivity index (χ0) is 8.08. The van der Waals surface area contributed by atoms with Gasteiger partial charge in [0.05, 0.1) is 7.82 Å². The van der Waals surface area contributed by atoms with E-state index < -0.39 is 13.8 Å². The molecule has 56 valence electrons. The molecule has 0 fully saturated rings. The Balaban J connectivity index is -0.0000000221. The van der Waals surface area contributed by atoms with Crippen LogP contribution in [0.5, 0.6) is 0 Å². The summed E-state index contributed by atoms with van der Waals surface area (Å²) in [5.74, 6) is -1.08. The fraction of sp³-hybridized carbons (Fsp3) is 0.500. The van der Waals surface area contributed by atoms with Gasteiger partial charge in [0.25, 0.3) is 0 Å². The topological polar surface area (TPSA) is 124 Å². The summed E-state index contributed by atoms with van der Waals surface area (Å²) < 4.78 is 8.66. The van der Waals surface area contributed by atoms with Crippen LogP contribution in [-0.4, -0.2) is 10.9 Å². The summed E-state index contributed by atoms with van der Waals surface area (Å²) in [6.07, 6.45) is 0. The Morgan fingerprint density at radius 1 is 1.33 bits per heavy atom. The van der Waals surface area contributed by atoms with Crippen LogP contribution in [-0.2, 0) is 9.36 Å². The number of hydrogen-bond acceptors (Lipinski definition) is 5. The number of carbonyl (C=O) groups is 1. The number of rotatable bonds is 0. The maximum Gasteiger partial charge on any atom is 1.00 e. The summed E-state index contributed by atoms with van der Waals surface area (Å²) in [5, 5.41) is 8.89. The van der Waals surface area contributed by atoms with Gasteiger partial charge in [0.2, 0.25) is 0 Å². The van der Waals surface area contributed by atoms with E-state index in [9.17, 15) is 0 Å². The van der Waals surface area contributed by atoms with Crippen molar-refractivity contribution < 1.29 is 161 Å². The van der Waals surface area contributed by atoms with Crippen molar-refractivity contribution in [2.24, 2.45) is 0 Å². The molecule has 0 saturated heterocycles. The summed E-state index contributed by atoms with van der Waals surface area (Å²) in [7, 11) is -5.14. The largest absolute Gasteiger partial charge is 1.00 e. The van der Waals surface area contributed by atoms with Crippen molar-refractivity contribution in [3.8, 4) is 0 Å². The molecule has 0 aliphatic rings. The van der Waals surface area contributed by atoms with Crippen molar-refractivity contribution in [2.75, 3.05) is 0 Å². The smallest absolute Gasteiger partial charge is 0.790 e. The third-order valence-corrected chi connectivity index (χ3v) is 0. The number of carboxylic acid groups (broad SMARTS) is 1. The summed E-state index contributed by atoms with van der Waals surface area (Å²) >= 11 is 0. The fourth-order valence-electron chi connectivity index (χ4n) is 0. The van der Waals surface area contributed by atoms with Gasteiger partial charge in [0.15, 0.2) is 0 Å². The van der Waals surface area contributed by atoms with Crippen LogP contribution >= 0.6 is 7.82 Å². The van der Waals surface area contributed by atoms with Gasteiger partial charge in [-0.3, -0.25) is 0 Å². The molecule has 10 heteroatoms. The van der Waals surface area contributed by atoms with Gasteiger partial charge in [-0.25, -0.2) is 0 Å². The van der Waals surface area contributed by atoms with Crippen LogP contribution in [0.1, 0.15) is 6.92 Å². The van der Waals surface area contributed by atoms with Crippen molar-refractivity contribution in [2.45, 2.75) is 6.92 Å². The summed E-state index contributed by atoms with van der Waals surface area (Å²) in [5.41, 5.74) is 0. The first kappa shape index (κ1) is 29.7. The molecular weight excluding hydrogens is 252 g/mol. The van der Waals surface area contributed by atoms with Crippen molar-refractivity contribution in [3.05, 3.63) is 0 Å². The Morgan fingerprint density at radius 3 is 1.33 bits per heavy atom. The SMILES string of the molecule is CC(=O)[O-].O=P([O-])([O-])O.[K+].[K+].[Na+]. The minimum atomic E-state index is -5.14. The van der Waals surface area contributed by atoms with Crippen molar-refractivity contribution >= 4 is 13.8 Å². The first-order valence-corrected chi connectivity index (χ1v) is 3.15. The zero-order valence-electron chi connectivity index (χ0n) is 7.44. The molecule has 0 saturated carbocycles. The van der Waals surface area contributed by atoms with Crippen LogP contribution < -0.4 is 147 Å². The van der Waals surface area contributed by atoms with Crippen LogP contribution in [0, 0.1) is 0 Å². The first-order valence-electron chi connectivity index (χ1n) is 1.66. The maximum absolute atomic E-state index is 8.89. The summed E-state index contributed by atoms with van der Waals surface area (Å²) in [6, 6.07) is 0. The van der Waals surface area contributed by atoms with E-state index in [0.29, 0.717) is 0 Å². The molecule has 0 aliphatic carbocycles. The maximum atomic E-state index is 8.89. The zero-order valence-corrected chi connectivity index (χ0v) is 16.6. The average molecular weight is 256 g/mol. The summed E-state index contributed by atoms with van der Waals surface area (Å²) in [4.78, 5) is 33.2. The van der Waals surface area contributed by atoms with Gasteiger partial charge in [-0.05, 0) is 6.92 Å². The Kier molecular flexibility index (Phi) is 42.7. The van der Waals surface area contributed by atoms with Gasteiger partial charge in [-0.1, -0.05) is 0 Å². The van der Waals surface area contributed by atoms with E-state index in [1.54, 1.807) is 0 Å². The van der Waals surface area contributed by atoms with E-state index in [1.165, 1.54) is 0 Å². The molecule has 0 heterocycles. The van der Waals surface area contributed by atoms with Gasteiger partial charge >= 0.3 is 132 Å². The summed E-state index contributed by atoms with van der Waals surface area (Å²) in [6.45, 7) is 0.972. The molecule has 12 heavy (non-hydrogen) atoms. The average Bonchev–Trinajstić information content (AvgIpc) is 1.19. The Bertz CT molecular complexity index is 123. The van der Waals surface area contributed by atoms with E-state index in [4.69, 9.17) is 29.1 Å². The third kappa shape index (κ3) is 154. The Labute approximate surface area is 177 Å². The van der Waals surface area contributed by atoms with E-state index in [0.717, 1.165) is 6.92 Å². The Hall–Kier alpha value is 3.85. The van der Waals surface area contributed by atoms with Crippen LogP contribution in [0.4, 0.5) is 0 Å². The molecule has 0 aromatic heterocycles. The van der Waals surface area contributed by atoms with E-state index in [1.807, 2.05) is 0 Å². The van der Waals surface area contributed by atoms with Crippen molar-refractivity contribution in [3.63, 3.8) is 0 Å². The molecule has 0 bridgehead atoms. The molecule has 0 aromatic carbocycles. The number of carboxylic acids is 1. The normalized spacial score (nSPS) is 7.00. The molecule has 6 nitrogen and oxygen atoms in total. The molecular formula is C2H4K2NaO6P. The van der Waals surface area contributed by atoms with Gasteiger partial charge in [0.1, 0.15) is 0 Å². The van der Waals surface area contributed by atoms with Gasteiger partial charge in [-0.15, -0.1) is 0 Å². The van der Waals surface area contributed by atoms with Gasteiger partial charge in [0, 0.05) is 5.97 Å². The van der Waals surface area contributed by atoms with E-state index >= 15 is 0 Å². The monoisotopic (exact) mass is 256 g/mol. The molecule has 0 spiro atoms. The van der Waals surface area contributed by atoms with Crippen LogP contribution in [0.2, 0.25) is 0 Å². The van der Waals surface area contributed by atoms with Crippen LogP contribution in [0.25, 0.3) is 0 Å². The van der Waals surface area contributed by atoms with Crippen LogP contribution in [0.3, 0.4) is 0 Å². The molecule has 0 radical (unpaired) electrons. The molecule has 0 rings (SSSR count).